The van der Waals surface area contributed by atoms with E-state index in [1.54, 1.807) is 36.4 Å². The second kappa shape index (κ2) is 10.7. The first-order chi connectivity index (χ1) is 15.0. The Morgan fingerprint density at radius 3 is 2.39 bits per heavy atom. The number of anilines is 1. The van der Waals surface area contributed by atoms with E-state index in [4.69, 9.17) is 9.15 Å². The van der Waals surface area contributed by atoms with Crippen molar-refractivity contribution in [1.29, 1.82) is 0 Å². The monoisotopic (exact) mass is 424 g/mol. The van der Waals surface area contributed by atoms with E-state index in [0.29, 0.717) is 17.7 Å². The average Bonchev–Trinajstić information content (AvgIpc) is 3.32. The van der Waals surface area contributed by atoms with Crippen molar-refractivity contribution in [2.75, 3.05) is 11.9 Å². The quantitative estimate of drug-likeness (QED) is 0.402. The Hall–Kier alpha value is -3.94. The molecule has 7 nitrogen and oxygen atoms in total. The maximum absolute atomic E-state index is 13.1. The predicted molar refractivity (Wildman–Crippen MR) is 111 cm³/mol. The maximum atomic E-state index is 13.1. The van der Waals surface area contributed by atoms with Gasteiger partial charge in [-0.3, -0.25) is 14.4 Å². The first-order valence-electron chi connectivity index (χ1n) is 9.65. The minimum Gasteiger partial charge on any atom is -0.459 e. The molecule has 0 spiro atoms. The van der Waals surface area contributed by atoms with Crippen LogP contribution in [0.1, 0.15) is 35.1 Å². The van der Waals surface area contributed by atoms with Crippen LogP contribution in [-0.2, 0) is 14.3 Å². The van der Waals surface area contributed by atoms with E-state index >= 15 is 0 Å². The number of nitrogens with one attached hydrogen (secondary N) is 2. The Balaban J connectivity index is 1.55. The second-order valence-electron chi connectivity index (χ2n) is 6.61. The van der Waals surface area contributed by atoms with Crippen molar-refractivity contribution in [3.63, 3.8) is 0 Å². The Morgan fingerprint density at radius 1 is 0.968 bits per heavy atom. The van der Waals surface area contributed by atoms with E-state index in [-0.39, 0.29) is 24.6 Å². The molecule has 0 aliphatic carbocycles. The molecule has 2 N–H and O–H groups in total. The molecule has 1 unspecified atom stereocenters. The van der Waals surface area contributed by atoms with Gasteiger partial charge in [-0.25, -0.2) is 4.39 Å². The number of esters is 1. The molecule has 0 saturated heterocycles. The lowest BCUT2D eigenvalue weighted by atomic mass is 10.1. The molecule has 2 aromatic carbocycles. The third-order valence-corrected chi connectivity index (χ3v) is 4.29. The Labute approximate surface area is 178 Å². The van der Waals surface area contributed by atoms with E-state index in [9.17, 15) is 18.8 Å². The number of hydrogen-bond acceptors (Lipinski definition) is 5. The topological polar surface area (TPSA) is 97.6 Å². The zero-order valence-electron chi connectivity index (χ0n) is 16.5. The van der Waals surface area contributed by atoms with Crippen molar-refractivity contribution >= 4 is 23.5 Å². The van der Waals surface area contributed by atoms with Gasteiger partial charge in [0.15, 0.2) is 5.76 Å². The van der Waals surface area contributed by atoms with Crippen LogP contribution < -0.4 is 10.6 Å². The van der Waals surface area contributed by atoms with Gasteiger partial charge in [-0.2, -0.15) is 0 Å². The predicted octanol–water partition coefficient (Wildman–Crippen LogP) is 3.85. The van der Waals surface area contributed by atoms with Crippen molar-refractivity contribution in [3.8, 4) is 0 Å². The number of carbonyl (C=O) groups excluding carboxylic acids is 3. The third-order valence-electron chi connectivity index (χ3n) is 4.29. The van der Waals surface area contributed by atoms with Crippen molar-refractivity contribution in [3.05, 3.63) is 90.1 Å². The highest BCUT2D eigenvalue weighted by Crippen LogP contribution is 2.21. The number of carbonyl (C=O) groups is 3. The van der Waals surface area contributed by atoms with Gasteiger partial charge in [0.25, 0.3) is 11.8 Å². The first kappa shape index (κ1) is 21.8. The number of amides is 2. The van der Waals surface area contributed by atoms with Crippen LogP contribution >= 0.6 is 0 Å². The normalized spacial score (nSPS) is 11.4. The van der Waals surface area contributed by atoms with Crippen LogP contribution in [-0.4, -0.2) is 24.3 Å². The molecule has 0 aliphatic heterocycles. The molecule has 0 saturated carbocycles. The van der Waals surface area contributed by atoms with Crippen molar-refractivity contribution in [1.82, 2.24) is 5.32 Å². The van der Waals surface area contributed by atoms with Crippen LogP contribution in [0.4, 0.5) is 10.1 Å². The molecular formula is C23H21FN2O5. The van der Waals surface area contributed by atoms with Crippen LogP contribution in [0.5, 0.6) is 0 Å². The molecule has 3 aromatic rings. The Morgan fingerprint density at radius 2 is 1.71 bits per heavy atom. The number of halogens is 1. The molecule has 1 aromatic heterocycles. The molecule has 0 bridgehead atoms. The fraction of sp³-hybridized carbons (Fsp3) is 0.174. The zero-order valence-corrected chi connectivity index (χ0v) is 16.5. The van der Waals surface area contributed by atoms with E-state index in [1.807, 2.05) is 0 Å². The van der Waals surface area contributed by atoms with E-state index in [1.165, 1.54) is 36.6 Å². The fourth-order valence-electron chi connectivity index (χ4n) is 2.76. The number of ether oxygens (including phenoxy) is 1. The van der Waals surface area contributed by atoms with Gasteiger partial charge in [0.2, 0.25) is 6.10 Å². The highest BCUT2D eigenvalue weighted by molar-refractivity contribution is 5.96. The van der Waals surface area contributed by atoms with E-state index in [0.717, 1.165) is 0 Å². The van der Waals surface area contributed by atoms with Crippen LogP contribution in [0, 0.1) is 5.82 Å². The molecule has 0 fully saturated rings. The highest BCUT2D eigenvalue weighted by atomic mass is 19.1. The van der Waals surface area contributed by atoms with Gasteiger partial charge < -0.3 is 19.8 Å². The van der Waals surface area contributed by atoms with E-state index in [2.05, 4.69) is 10.6 Å². The van der Waals surface area contributed by atoms with Gasteiger partial charge in [0, 0.05) is 24.2 Å². The summed E-state index contributed by atoms with van der Waals surface area (Å²) >= 11 is 0. The van der Waals surface area contributed by atoms with Crippen LogP contribution in [0.3, 0.4) is 0 Å². The third kappa shape index (κ3) is 6.53. The lowest BCUT2D eigenvalue weighted by molar-refractivity contribution is -0.154. The standard InChI is InChI=1S/C23H21FN2O5/c24-17-10-12-18(13-11-17)26-23(29)21(16-6-2-1-3-7-16)31-20(27)9-4-14-25-22(28)19-8-5-15-30-19/h1-3,5-8,10-13,15,21H,4,9,14H2,(H,25,28)(H,26,29). The van der Waals surface area contributed by atoms with Crippen LogP contribution in [0.2, 0.25) is 0 Å². The first-order valence-corrected chi connectivity index (χ1v) is 9.65. The van der Waals surface area contributed by atoms with Gasteiger partial charge in [-0.05, 0) is 42.8 Å². The fourth-order valence-corrected chi connectivity index (χ4v) is 2.76. The van der Waals surface area contributed by atoms with Crippen molar-refractivity contribution in [2.24, 2.45) is 0 Å². The van der Waals surface area contributed by atoms with Crippen molar-refractivity contribution < 1.29 is 27.9 Å². The lowest BCUT2D eigenvalue weighted by Gasteiger charge is -2.18. The molecule has 0 radical (unpaired) electrons. The minimum atomic E-state index is -1.17. The Bertz CT molecular complexity index is 1000. The molecule has 31 heavy (non-hydrogen) atoms. The largest absolute Gasteiger partial charge is 0.459 e. The molecular weight excluding hydrogens is 403 g/mol. The van der Waals surface area contributed by atoms with Crippen LogP contribution in [0.15, 0.2) is 77.4 Å². The SMILES string of the molecule is O=C(CCCNC(=O)c1ccco1)OC(C(=O)Nc1ccc(F)cc1)c1ccccc1. The summed E-state index contributed by atoms with van der Waals surface area (Å²) < 4.78 is 23.5. The molecule has 8 heteroatoms. The average molecular weight is 424 g/mol. The minimum absolute atomic E-state index is 0.00555. The summed E-state index contributed by atoms with van der Waals surface area (Å²) in [6.07, 6.45) is 0.557. The number of hydrogen-bond donors (Lipinski definition) is 2. The second-order valence-corrected chi connectivity index (χ2v) is 6.61. The molecule has 160 valence electrons. The molecule has 1 atom stereocenters. The number of rotatable bonds is 9. The summed E-state index contributed by atoms with van der Waals surface area (Å²) in [5, 5.41) is 5.26. The summed E-state index contributed by atoms with van der Waals surface area (Å²) in [7, 11) is 0. The zero-order chi connectivity index (χ0) is 22.1. The summed E-state index contributed by atoms with van der Waals surface area (Å²) in [5.74, 6) is -1.76. The Kier molecular flexibility index (Phi) is 7.53. The molecule has 1 heterocycles. The van der Waals surface area contributed by atoms with Crippen molar-refractivity contribution in [2.45, 2.75) is 18.9 Å². The van der Waals surface area contributed by atoms with Gasteiger partial charge in [0.05, 0.1) is 6.26 Å². The van der Waals surface area contributed by atoms with E-state index < -0.39 is 23.8 Å². The van der Waals surface area contributed by atoms with Gasteiger partial charge in [-0.15, -0.1) is 0 Å². The number of benzene rings is 2. The lowest BCUT2D eigenvalue weighted by Crippen LogP contribution is -2.27. The summed E-state index contributed by atoms with van der Waals surface area (Å²) in [4.78, 5) is 36.9. The van der Waals surface area contributed by atoms with Gasteiger partial charge >= 0.3 is 5.97 Å². The number of furan rings is 1. The smallest absolute Gasteiger partial charge is 0.306 e. The summed E-state index contributed by atoms with van der Waals surface area (Å²) in [6, 6.07) is 17.0. The maximum Gasteiger partial charge on any atom is 0.306 e. The molecule has 3 rings (SSSR count). The molecule has 2 amide bonds. The van der Waals surface area contributed by atoms with Gasteiger partial charge in [0.1, 0.15) is 5.82 Å². The highest BCUT2D eigenvalue weighted by Gasteiger charge is 2.25. The summed E-state index contributed by atoms with van der Waals surface area (Å²) in [6.45, 7) is 0.242. The van der Waals surface area contributed by atoms with Gasteiger partial charge in [-0.1, -0.05) is 30.3 Å². The van der Waals surface area contributed by atoms with Crippen LogP contribution in [0.25, 0.3) is 0 Å². The molecule has 0 aliphatic rings. The summed E-state index contributed by atoms with van der Waals surface area (Å²) in [5.41, 5.74) is 0.880.